The van der Waals surface area contributed by atoms with Crippen LogP contribution in [0.5, 0.6) is 0 Å². The molecule has 0 aliphatic carbocycles. The second-order valence-electron chi connectivity index (χ2n) is 21.9. The zero-order valence-electron chi connectivity index (χ0n) is 46.2. The van der Waals surface area contributed by atoms with E-state index in [9.17, 15) is 11.8 Å². The highest BCUT2D eigenvalue weighted by atomic mass is 32.1. The number of rotatable bonds is 8. The number of nitrogens with zero attached hydrogens (tertiary/aromatic N) is 4. The standard InChI is InChI=1S/C80H46N4S2/c1-82-74-69(53-32-16-6-17-33-53)63(48-81)75(70(54-34-18-7-19-35-54)78(74)83-64-39-21-20-36-60(64)73-65(83)47-46-57(51-28-12-4-13-29-51)68(73)52-30-14-5-15-31-52)84-76-58(42-44-61-71-55(49-24-8-2-9-25-49)37-22-40-66(71)85-79(61)76)59-43-45-62-72-56(50-26-10-3-11-27-50)38-23-41-67(72)86-80(62)77(59)84/h2-47H. The largest absolute Gasteiger partial charge is 0.318 e. The van der Waals surface area contributed by atoms with Crippen LogP contribution in [0.15, 0.2) is 279 Å². The van der Waals surface area contributed by atoms with Gasteiger partial charge in [0.25, 0.3) is 0 Å². The van der Waals surface area contributed by atoms with E-state index in [0.29, 0.717) is 22.5 Å². The minimum Gasteiger partial charge on any atom is -0.318 e. The smallest absolute Gasteiger partial charge is 0.220 e. The molecular formula is C80H46N4S2. The zero-order valence-corrected chi connectivity index (χ0v) is 47.8. The molecule has 0 atom stereocenters. The fourth-order valence-corrected chi connectivity index (χ4v) is 16.4. The Bertz CT molecular complexity index is 5520. The summed E-state index contributed by atoms with van der Waals surface area (Å²) in [5.74, 6) is 0. The van der Waals surface area contributed by atoms with Gasteiger partial charge in [0.15, 0.2) is 0 Å². The maximum absolute atomic E-state index is 12.6. The molecule has 4 nitrogen and oxygen atoms in total. The lowest BCUT2D eigenvalue weighted by molar-refractivity contribution is 1.14. The Morgan fingerprint density at radius 2 is 0.756 bits per heavy atom. The van der Waals surface area contributed by atoms with E-state index >= 15 is 0 Å². The van der Waals surface area contributed by atoms with Gasteiger partial charge in [-0.2, -0.15) is 5.26 Å². The van der Waals surface area contributed by atoms with Crippen LogP contribution in [0.1, 0.15) is 5.56 Å². The Kier molecular flexibility index (Phi) is 11.4. The van der Waals surface area contributed by atoms with Crippen LogP contribution in [0.4, 0.5) is 5.69 Å². The molecule has 0 aliphatic heterocycles. The van der Waals surface area contributed by atoms with Gasteiger partial charge in [0.2, 0.25) is 5.69 Å². The number of hydrogen-bond acceptors (Lipinski definition) is 3. The highest BCUT2D eigenvalue weighted by Crippen LogP contribution is 2.56. The van der Waals surface area contributed by atoms with Crippen LogP contribution < -0.4 is 0 Å². The van der Waals surface area contributed by atoms with Gasteiger partial charge in [-0.3, -0.25) is 0 Å². The minimum atomic E-state index is 0.395. The van der Waals surface area contributed by atoms with Crippen molar-refractivity contribution in [2.24, 2.45) is 0 Å². The summed E-state index contributed by atoms with van der Waals surface area (Å²) >= 11 is 3.62. The van der Waals surface area contributed by atoms with Gasteiger partial charge in [-0.05, 0) is 79.9 Å². The number of thiophene rings is 2. The van der Waals surface area contributed by atoms with Crippen LogP contribution in [-0.2, 0) is 0 Å². The van der Waals surface area contributed by atoms with Crippen molar-refractivity contribution < 1.29 is 0 Å². The Morgan fingerprint density at radius 1 is 0.326 bits per heavy atom. The van der Waals surface area contributed by atoms with Crippen molar-refractivity contribution in [3.8, 4) is 84.2 Å². The Labute approximate surface area is 503 Å². The van der Waals surface area contributed by atoms with Crippen molar-refractivity contribution in [3.05, 3.63) is 296 Å². The van der Waals surface area contributed by atoms with E-state index < -0.39 is 0 Å². The highest BCUT2D eigenvalue weighted by molar-refractivity contribution is 7.27. The molecule has 0 spiro atoms. The maximum Gasteiger partial charge on any atom is 0.220 e. The molecule has 0 amide bonds. The Balaban J connectivity index is 1.13. The van der Waals surface area contributed by atoms with Crippen LogP contribution in [0.2, 0.25) is 0 Å². The molecule has 4 heterocycles. The van der Waals surface area contributed by atoms with Gasteiger partial charge in [0.1, 0.15) is 6.07 Å². The van der Waals surface area contributed by atoms with E-state index in [1.165, 1.54) is 31.3 Å². The molecule has 0 saturated heterocycles. The van der Waals surface area contributed by atoms with Gasteiger partial charge >= 0.3 is 0 Å². The van der Waals surface area contributed by atoms with Gasteiger partial charge in [-0.1, -0.05) is 255 Å². The van der Waals surface area contributed by atoms with Crippen molar-refractivity contribution in [2.45, 2.75) is 0 Å². The second-order valence-corrected chi connectivity index (χ2v) is 24.0. The third kappa shape index (κ3) is 7.32. The lowest BCUT2D eigenvalue weighted by Crippen LogP contribution is -2.09. The first-order valence-electron chi connectivity index (χ1n) is 28.8. The monoisotopic (exact) mass is 1130 g/mol. The molecule has 0 bridgehead atoms. The minimum absolute atomic E-state index is 0.395. The fourth-order valence-electron chi connectivity index (χ4n) is 13.9. The highest BCUT2D eigenvalue weighted by Gasteiger charge is 2.34. The van der Waals surface area contributed by atoms with Crippen LogP contribution >= 0.6 is 22.7 Å². The summed E-state index contributed by atoms with van der Waals surface area (Å²) in [7, 11) is 0. The predicted molar refractivity (Wildman–Crippen MR) is 364 cm³/mol. The predicted octanol–water partition coefficient (Wildman–Crippen LogP) is 23.0. The van der Waals surface area contributed by atoms with E-state index in [-0.39, 0.29) is 0 Å². The van der Waals surface area contributed by atoms with Crippen molar-refractivity contribution in [1.29, 1.82) is 5.26 Å². The average molecular weight is 1130 g/mol. The zero-order chi connectivity index (χ0) is 57.0. The summed E-state index contributed by atoms with van der Waals surface area (Å²) < 4.78 is 9.43. The third-order valence-electron chi connectivity index (χ3n) is 17.4. The summed E-state index contributed by atoms with van der Waals surface area (Å²) in [5, 5.41) is 21.6. The molecule has 17 aromatic rings. The Hall–Kier alpha value is -11.1. The molecule has 13 aromatic carbocycles. The quantitative estimate of drug-likeness (QED) is 0.140. The first-order valence-corrected chi connectivity index (χ1v) is 30.5. The Morgan fingerprint density at radius 3 is 1.24 bits per heavy atom. The number of nitriles is 1. The molecule has 4 aromatic heterocycles. The number of benzene rings is 13. The molecule has 398 valence electrons. The van der Waals surface area contributed by atoms with E-state index in [1.54, 1.807) is 0 Å². The summed E-state index contributed by atoms with van der Waals surface area (Å²) in [6.07, 6.45) is 0. The molecule has 86 heavy (non-hydrogen) atoms. The van der Waals surface area contributed by atoms with E-state index in [1.807, 2.05) is 40.9 Å². The summed E-state index contributed by atoms with van der Waals surface area (Å²) in [4.78, 5) is 4.71. The third-order valence-corrected chi connectivity index (χ3v) is 19.7. The molecule has 0 fully saturated rings. The number of aromatic nitrogens is 2. The molecule has 0 radical (unpaired) electrons. The van der Waals surface area contributed by atoms with Crippen LogP contribution in [0, 0.1) is 17.9 Å². The van der Waals surface area contributed by atoms with Crippen molar-refractivity contribution >= 4 is 112 Å². The first kappa shape index (κ1) is 49.5. The van der Waals surface area contributed by atoms with Crippen LogP contribution in [0.3, 0.4) is 0 Å². The fraction of sp³-hybridized carbons (Fsp3) is 0. The van der Waals surface area contributed by atoms with Gasteiger partial charge in [-0.15, -0.1) is 22.7 Å². The van der Waals surface area contributed by atoms with Crippen LogP contribution in [0.25, 0.3) is 167 Å². The normalized spacial score (nSPS) is 11.7. The van der Waals surface area contributed by atoms with Crippen molar-refractivity contribution in [2.75, 3.05) is 0 Å². The van der Waals surface area contributed by atoms with Gasteiger partial charge < -0.3 is 9.13 Å². The molecule has 0 unspecified atom stereocenters. The lowest BCUT2D eigenvalue weighted by atomic mass is 9.88. The van der Waals surface area contributed by atoms with Crippen molar-refractivity contribution in [1.82, 2.24) is 9.13 Å². The van der Waals surface area contributed by atoms with Crippen LogP contribution in [-0.4, -0.2) is 9.13 Å². The van der Waals surface area contributed by atoms with Gasteiger partial charge in [0.05, 0.1) is 55.0 Å². The second kappa shape index (κ2) is 19.8. The number of para-hydroxylation sites is 1. The first-order chi connectivity index (χ1) is 42.7. The summed E-state index contributed by atoms with van der Waals surface area (Å²) in [6, 6.07) is 102. The average Bonchev–Trinajstić information content (AvgIpc) is 1.52. The van der Waals surface area contributed by atoms with E-state index in [2.05, 4.69) is 276 Å². The topological polar surface area (TPSA) is 38.0 Å². The van der Waals surface area contributed by atoms with E-state index in [4.69, 9.17) is 4.85 Å². The SMILES string of the molecule is [C-]#[N+]c1c(-c2ccccc2)c(C#N)c(-n2c3c(ccc4c3sc3cccc(-c5ccccc5)c34)c3ccc4c(sc5cccc(-c6ccccc6)c54)c32)c(-c2ccccc2)c1-n1c2ccccc2c2c(-c3ccccc3)c(-c3ccccc3)ccc21. The van der Waals surface area contributed by atoms with Gasteiger partial charge in [-0.25, -0.2) is 4.85 Å². The summed E-state index contributed by atoms with van der Waals surface area (Å²) in [6.45, 7) is 9.68. The van der Waals surface area contributed by atoms with Gasteiger partial charge in [0, 0.05) is 63.6 Å². The van der Waals surface area contributed by atoms with E-state index in [0.717, 1.165) is 120 Å². The maximum atomic E-state index is 12.6. The lowest BCUT2D eigenvalue weighted by Gasteiger charge is -2.26. The molecule has 17 rings (SSSR count). The summed E-state index contributed by atoms with van der Waals surface area (Å²) in [5.41, 5.74) is 18.3. The molecule has 6 heteroatoms. The molecular weight excluding hydrogens is 1080 g/mol. The number of fused-ring (bicyclic) bond motifs is 14. The molecule has 0 saturated carbocycles. The van der Waals surface area contributed by atoms with Crippen molar-refractivity contribution in [3.63, 3.8) is 0 Å². The molecule has 0 aliphatic rings. The number of hydrogen-bond donors (Lipinski definition) is 0. The molecule has 0 N–H and O–H groups in total.